The number of rotatable bonds is 1. The predicted molar refractivity (Wildman–Crippen MR) is 75.7 cm³/mol. The van der Waals surface area contributed by atoms with Gasteiger partial charge in [0.25, 0.3) is 0 Å². The molecule has 4 heteroatoms. The van der Waals surface area contributed by atoms with Crippen molar-refractivity contribution in [3.63, 3.8) is 0 Å². The minimum Gasteiger partial charge on any atom is -0.333 e. The number of anilines is 1. The number of benzene rings is 1. The van der Waals surface area contributed by atoms with Gasteiger partial charge in [0.15, 0.2) is 5.17 Å². The zero-order valence-corrected chi connectivity index (χ0v) is 11.1. The molecule has 96 valence electrons. The largest absolute Gasteiger partial charge is 0.333 e. The third-order valence-corrected chi connectivity index (χ3v) is 4.86. The molecule has 1 N–H and O–H groups in total. The van der Waals surface area contributed by atoms with Crippen molar-refractivity contribution in [1.82, 2.24) is 0 Å². The maximum Gasteiger partial charge on any atom is 0.161 e. The summed E-state index contributed by atoms with van der Waals surface area (Å²) in [5.41, 5.74) is 0.660. The number of nitrogens with zero attached hydrogens (tertiary/aromatic N) is 1. The molecule has 1 saturated carbocycles. The van der Waals surface area contributed by atoms with E-state index in [1.807, 2.05) is 6.07 Å². The third kappa shape index (κ3) is 2.39. The summed E-state index contributed by atoms with van der Waals surface area (Å²) in [7, 11) is 0. The van der Waals surface area contributed by atoms with Crippen LogP contribution < -0.4 is 5.32 Å². The van der Waals surface area contributed by atoms with Gasteiger partial charge in [0.1, 0.15) is 5.82 Å². The van der Waals surface area contributed by atoms with Crippen LogP contribution in [-0.4, -0.2) is 16.5 Å². The lowest BCUT2D eigenvalue weighted by Gasteiger charge is -2.29. The summed E-state index contributed by atoms with van der Waals surface area (Å²) in [5, 5.41) is 4.00. The fourth-order valence-corrected chi connectivity index (χ4v) is 3.89. The monoisotopic (exact) mass is 264 g/mol. The predicted octanol–water partition coefficient (Wildman–Crippen LogP) is 4.04. The molecule has 1 fully saturated rings. The van der Waals surface area contributed by atoms with E-state index in [1.54, 1.807) is 23.9 Å². The van der Waals surface area contributed by atoms with Gasteiger partial charge in [-0.05, 0) is 25.0 Å². The number of para-hydroxylation sites is 1. The van der Waals surface area contributed by atoms with Crippen molar-refractivity contribution in [3.8, 4) is 0 Å². The van der Waals surface area contributed by atoms with Crippen LogP contribution in [0.1, 0.15) is 32.1 Å². The van der Waals surface area contributed by atoms with Crippen LogP contribution in [-0.2, 0) is 0 Å². The Kier molecular flexibility index (Phi) is 3.29. The fourth-order valence-electron chi connectivity index (χ4n) is 2.69. The highest BCUT2D eigenvalue weighted by Gasteiger charge is 2.36. The Morgan fingerprint density at radius 2 is 1.94 bits per heavy atom. The van der Waals surface area contributed by atoms with Crippen LogP contribution in [0.3, 0.4) is 0 Å². The molecule has 1 aromatic carbocycles. The summed E-state index contributed by atoms with van der Waals surface area (Å²) >= 11 is 1.72. The number of halogens is 1. The minimum absolute atomic E-state index is 0.135. The van der Waals surface area contributed by atoms with Crippen LogP contribution in [0.2, 0.25) is 0 Å². The summed E-state index contributed by atoms with van der Waals surface area (Å²) in [6.45, 7) is 0. The van der Waals surface area contributed by atoms with Crippen LogP contribution in [0.4, 0.5) is 10.1 Å². The third-order valence-electron chi connectivity index (χ3n) is 3.72. The standard InChI is InChI=1S/C14H17FN2S/c15-11-6-2-3-7-12(11)16-13-17-14(10-18-13)8-4-1-5-9-14/h2-3,6-7H,1,4-5,8-10H2,(H,16,17). The second kappa shape index (κ2) is 4.92. The van der Waals surface area contributed by atoms with E-state index < -0.39 is 0 Å². The molecule has 0 atom stereocenters. The van der Waals surface area contributed by atoms with Crippen molar-refractivity contribution < 1.29 is 4.39 Å². The van der Waals surface area contributed by atoms with Crippen LogP contribution in [0.5, 0.6) is 0 Å². The van der Waals surface area contributed by atoms with Crippen molar-refractivity contribution in [2.24, 2.45) is 4.99 Å². The minimum atomic E-state index is -0.217. The first-order valence-electron chi connectivity index (χ1n) is 6.52. The summed E-state index contributed by atoms with van der Waals surface area (Å²) in [5.74, 6) is 0.828. The Balaban J connectivity index is 1.74. The maximum atomic E-state index is 13.5. The fraction of sp³-hybridized carbons (Fsp3) is 0.500. The first kappa shape index (κ1) is 12.0. The van der Waals surface area contributed by atoms with Gasteiger partial charge in [-0.3, -0.25) is 4.99 Å². The molecular weight excluding hydrogens is 247 g/mol. The Morgan fingerprint density at radius 3 is 2.72 bits per heavy atom. The van der Waals surface area contributed by atoms with Crippen molar-refractivity contribution in [2.45, 2.75) is 37.6 Å². The molecule has 0 bridgehead atoms. The van der Waals surface area contributed by atoms with Crippen molar-refractivity contribution >= 4 is 22.6 Å². The van der Waals surface area contributed by atoms with Gasteiger partial charge < -0.3 is 5.32 Å². The summed E-state index contributed by atoms with van der Waals surface area (Å²) in [6, 6.07) is 6.76. The van der Waals surface area contributed by atoms with E-state index >= 15 is 0 Å². The number of aliphatic imine (C=N–C) groups is 1. The molecular formula is C14H17FN2S. The van der Waals surface area contributed by atoms with Gasteiger partial charge in [0.2, 0.25) is 0 Å². The topological polar surface area (TPSA) is 24.4 Å². The number of hydrogen-bond donors (Lipinski definition) is 1. The molecule has 2 nitrogen and oxygen atoms in total. The smallest absolute Gasteiger partial charge is 0.161 e. The van der Waals surface area contributed by atoms with E-state index in [0.29, 0.717) is 5.69 Å². The highest BCUT2D eigenvalue weighted by molar-refractivity contribution is 8.14. The molecule has 0 radical (unpaired) electrons. The van der Waals surface area contributed by atoms with Gasteiger partial charge in [0, 0.05) is 5.75 Å². The molecule has 18 heavy (non-hydrogen) atoms. The van der Waals surface area contributed by atoms with Crippen LogP contribution >= 0.6 is 11.8 Å². The first-order valence-corrected chi connectivity index (χ1v) is 7.50. The molecule has 0 aromatic heterocycles. The molecule has 1 heterocycles. The number of nitrogens with one attached hydrogen (secondary N) is 1. The summed E-state index contributed by atoms with van der Waals surface area (Å²) in [6.07, 6.45) is 6.25. The molecule has 0 unspecified atom stereocenters. The number of thioether (sulfide) groups is 1. The van der Waals surface area contributed by atoms with Crippen molar-refractivity contribution in [3.05, 3.63) is 30.1 Å². The van der Waals surface area contributed by atoms with Gasteiger partial charge in [-0.25, -0.2) is 4.39 Å². The van der Waals surface area contributed by atoms with Gasteiger partial charge in [-0.15, -0.1) is 0 Å². The van der Waals surface area contributed by atoms with Crippen molar-refractivity contribution in [2.75, 3.05) is 11.1 Å². The lowest BCUT2D eigenvalue weighted by Crippen LogP contribution is -2.29. The van der Waals surface area contributed by atoms with Gasteiger partial charge in [-0.2, -0.15) is 0 Å². The van der Waals surface area contributed by atoms with Gasteiger partial charge in [0.05, 0.1) is 11.2 Å². The summed E-state index contributed by atoms with van der Waals surface area (Å²) in [4.78, 5) is 4.82. The van der Waals surface area contributed by atoms with Crippen molar-refractivity contribution in [1.29, 1.82) is 0 Å². The average molecular weight is 264 g/mol. The lowest BCUT2D eigenvalue weighted by molar-refractivity contribution is 0.335. The second-order valence-electron chi connectivity index (χ2n) is 5.10. The van der Waals surface area contributed by atoms with E-state index in [2.05, 4.69) is 5.32 Å². The maximum absolute atomic E-state index is 13.5. The Hall–Kier alpha value is -1.03. The van der Waals surface area contributed by atoms with E-state index in [4.69, 9.17) is 4.99 Å². The second-order valence-corrected chi connectivity index (χ2v) is 6.06. The first-order chi connectivity index (χ1) is 8.77. The van der Waals surface area contributed by atoms with Gasteiger partial charge >= 0.3 is 0 Å². The molecule has 3 rings (SSSR count). The van der Waals surface area contributed by atoms with E-state index in [9.17, 15) is 4.39 Å². The van der Waals surface area contributed by atoms with E-state index in [0.717, 1.165) is 10.9 Å². The molecule has 0 amide bonds. The average Bonchev–Trinajstić information content (AvgIpc) is 2.76. The van der Waals surface area contributed by atoms with E-state index in [-0.39, 0.29) is 11.4 Å². The molecule has 0 saturated heterocycles. The zero-order chi connectivity index (χ0) is 12.4. The molecule has 1 aliphatic carbocycles. The lowest BCUT2D eigenvalue weighted by atomic mass is 9.84. The number of hydrogen-bond acceptors (Lipinski definition) is 3. The highest BCUT2D eigenvalue weighted by atomic mass is 32.2. The van der Waals surface area contributed by atoms with E-state index in [1.165, 1.54) is 38.2 Å². The van der Waals surface area contributed by atoms with Gasteiger partial charge in [-0.1, -0.05) is 43.2 Å². The highest BCUT2D eigenvalue weighted by Crippen LogP contribution is 2.39. The summed E-state index contributed by atoms with van der Waals surface area (Å²) < 4.78 is 13.5. The number of amidine groups is 1. The van der Waals surface area contributed by atoms with Crippen LogP contribution in [0.15, 0.2) is 29.3 Å². The van der Waals surface area contributed by atoms with Crippen LogP contribution in [0, 0.1) is 5.82 Å². The normalized spacial score (nSPS) is 21.9. The SMILES string of the molecule is Fc1ccccc1NC1=NC2(CCCCC2)CS1. The molecule has 1 aliphatic heterocycles. The Bertz CT molecular complexity index is 467. The van der Waals surface area contributed by atoms with Crippen LogP contribution in [0.25, 0.3) is 0 Å². The zero-order valence-electron chi connectivity index (χ0n) is 10.3. The molecule has 1 aromatic rings. The Labute approximate surface area is 111 Å². The molecule has 2 aliphatic rings. The molecule has 1 spiro atoms. The quantitative estimate of drug-likeness (QED) is 0.827. The Morgan fingerprint density at radius 1 is 1.17 bits per heavy atom.